The predicted molar refractivity (Wildman–Crippen MR) is 122 cm³/mol. The molecule has 1 fully saturated rings. The monoisotopic (exact) mass is 438 g/mol. The van der Waals surface area contributed by atoms with Gasteiger partial charge < -0.3 is 9.73 Å². The van der Waals surface area contributed by atoms with Gasteiger partial charge in [0.15, 0.2) is 0 Å². The normalized spacial score (nSPS) is 15.0. The number of urea groups is 1. The molecule has 3 aromatic carbocycles. The van der Waals surface area contributed by atoms with Crippen molar-refractivity contribution in [3.05, 3.63) is 108 Å². The van der Waals surface area contributed by atoms with Gasteiger partial charge in [-0.05, 0) is 23.3 Å². The number of nitrogens with one attached hydrogen (secondary N) is 1. The topological polar surface area (TPSA) is 88.3 Å². The van der Waals surface area contributed by atoms with Crippen LogP contribution in [0.2, 0.25) is 0 Å². The van der Waals surface area contributed by atoms with Gasteiger partial charge in [0.25, 0.3) is 5.91 Å². The molecule has 5 rings (SSSR count). The summed E-state index contributed by atoms with van der Waals surface area (Å²) in [4.78, 5) is 27.8. The summed E-state index contributed by atoms with van der Waals surface area (Å²) in [5, 5.41) is 11.1. The fourth-order valence-corrected chi connectivity index (χ4v) is 4.16. The van der Waals surface area contributed by atoms with E-state index in [-0.39, 0.29) is 18.3 Å². The molecule has 7 nitrogen and oxygen atoms in total. The summed E-state index contributed by atoms with van der Waals surface area (Å²) in [5.74, 6) is 0.240. The van der Waals surface area contributed by atoms with Gasteiger partial charge in [-0.2, -0.15) is 0 Å². The van der Waals surface area contributed by atoms with Gasteiger partial charge in [-0.25, -0.2) is 4.79 Å². The van der Waals surface area contributed by atoms with Crippen LogP contribution in [0.1, 0.15) is 17.0 Å². The van der Waals surface area contributed by atoms with Gasteiger partial charge in [0.05, 0.1) is 0 Å². The van der Waals surface area contributed by atoms with Crippen molar-refractivity contribution in [1.29, 1.82) is 0 Å². The molecule has 3 amide bonds. The standard InChI is InChI=1S/C26H22N4O3/c31-24-26(16-19-10-4-1-5-11-19,17-20-12-6-2-7-13-20)27-25(32)30(24)18-22-28-29-23(33-22)21-14-8-3-9-15-21/h1-15H,16-18H2,(H,27,32). The van der Waals surface area contributed by atoms with Gasteiger partial charge in [0, 0.05) is 18.4 Å². The lowest BCUT2D eigenvalue weighted by Crippen LogP contribution is -2.51. The molecule has 33 heavy (non-hydrogen) atoms. The second-order valence-corrected chi connectivity index (χ2v) is 8.10. The molecule has 0 bridgehead atoms. The Kier molecular flexibility index (Phi) is 5.44. The Morgan fingerprint density at radius 3 is 1.88 bits per heavy atom. The van der Waals surface area contributed by atoms with E-state index >= 15 is 0 Å². The maximum atomic E-state index is 13.7. The van der Waals surface area contributed by atoms with Crippen LogP contribution in [-0.4, -0.2) is 32.6 Å². The summed E-state index contributed by atoms with van der Waals surface area (Å²) in [7, 11) is 0. The highest BCUT2D eigenvalue weighted by Gasteiger charge is 2.51. The second-order valence-electron chi connectivity index (χ2n) is 8.10. The summed E-state index contributed by atoms with van der Waals surface area (Å²) >= 11 is 0. The molecule has 0 saturated carbocycles. The average molecular weight is 438 g/mol. The number of aromatic nitrogens is 2. The number of amides is 3. The minimum atomic E-state index is -1.10. The smallest absolute Gasteiger partial charge is 0.325 e. The average Bonchev–Trinajstić information content (AvgIpc) is 3.40. The summed E-state index contributed by atoms with van der Waals surface area (Å²) in [6.45, 7) is -0.0875. The first-order valence-electron chi connectivity index (χ1n) is 10.7. The van der Waals surface area contributed by atoms with Crippen molar-refractivity contribution in [3.8, 4) is 11.5 Å². The SMILES string of the molecule is O=C1NC(Cc2ccccc2)(Cc2ccccc2)C(=O)N1Cc1nnc(-c2ccccc2)o1. The second kappa shape index (κ2) is 8.70. The minimum absolute atomic E-state index is 0.0875. The molecule has 1 saturated heterocycles. The zero-order valence-electron chi connectivity index (χ0n) is 17.8. The van der Waals surface area contributed by atoms with Crippen molar-refractivity contribution >= 4 is 11.9 Å². The van der Waals surface area contributed by atoms with Crippen LogP contribution in [0, 0.1) is 0 Å². The maximum Gasteiger partial charge on any atom is 0.325 e. The molecular weight excluding hydrogens is 416 g/mol. The fourth-order valence-electron chi connectivity index (χ4n) is 4.16. The Balaban J connectivity index is 1.42. The molecule has 0 aliphatic carbocycles. The van der Waals surface area contributed by atoms with E-state index in [2.05, 4.69) is 15.5 Å². The molecule has 1 aromatic heterocycles. The van der Waals surface area contributed by atoms with Gasteiger partial charge in [-0.3, -0.25) is 9.69 Å². The van der Waals surface area contributed by atoms with Crippen LogP contribution >= 0.6 is 0 Å². The Bertz CT molecular complexity index is 1210. The molecule has 164 valence electrons. The number of hydrogen-bond acceptors (Lipinski definition) is 5. The summed E-state index contributed by atoms with van der Waals surface area (Å²) in [6, 6.07) is 28.3. The van der Waals surface area contributed by atoms with Crippen molar-refractivity contribution in [2.24, 2.45) is 0 Å². The Morgan fingerprint density at radius 2 is 1.30 bits per heavy atom. The third-order valence-electron chi connectivity index (χ3n) is 5.72. The van der Waals surface area contributed by atoms with Gasteiger partial charge in [-0.1, -0.05) is 78.9 Å². The lowest BCUT2D eigenvalue weighted by molar-refractivity contribution is -0.132. The molecule has 1 aliphatic rings. The Labute approximate surface area is 191 Å². The zero-order chi connectivity index (χ0) is 22.7. The van der Waals surface area contributed by atoms with E-state index in [0.717, 1.165) is 21.6 Å². The fraction of sp³-hybridized carbons (Fsp3) is 0.154. The molecule has 2 heterocycles. The van der Waals surface area contributed by atoms with Crippen molar-refractivity contribution in [3.63, 3.8) is 0 Å². The van der Waals surface area contributed by atoms with E-state index in [1.807, 2.05) is 91.0 Å². The summed E-state index contributed by atoms with van der Waals surface area (Å²) < 4.78 is 5.74. The molecule has 0 unspecified atom stereocenters. The molecule has 0 radical (unpaired) electrons. The van der Waals surface area contributed by atoms with E-state index in [0.29, 0.717) is 18.7 Å². The molecule has 1 N–H and O–H groups in total. The van der Waals surface area contributed by atoms with E-state index in [1.165, 1.54) is 0 Å². The zero-order valence-corrected chi connectivity index (χ0v) is 17.8. The van der Waals surface area contributed by atoms with Crippen molar-refractivity contribution in [2.45, 2.75) is 24.9 Å². The molecule has 0 spiro atoms. The van der Waals surface area contributed by atoms with Crippen LogP contribution in [0.25, 0.3) is 11.5 Å². The van der Waals surface area contributed by atoms with E-state index in [9.17, 15) is 9.59 Å². The summed E-state index contributed by atoms with van der Waals surface area (Å²) in [5.41, 5.74) is 1.61. The number of rotatable bonds is 7. The molecule has 4 aromatic rings. The highest BCUT2D eigenvalue weighted by Crippen LogP contribution is 2.28. The molecule has 1 aliphatic heterocycles. The largest absolute Gasteiger partial charge is 0.419 e. The Hall–Kier alpha value is -4.26. The van der Waals surface area contributed by atoms with Crippen LogP contribution in [0.4, 0.5) is 4.79 Å². The van der Waals surface area contributed by atoms with Crippen molar-refractivity contribution < 1.29 is 14.0 Å². The van der Waals surface area contributed by atoms with Gasteiger partial charge >= 0.3 is 6.03 Å². The predicted octanol–water partition coefficient (Wildman–Crippen LogP) is 4.01. The molecule has 0 atom stereocenters. The number of carbonyl (C=O) groups excluding carboxylic acids is 2. The molecule has 7 heteroatoms. The first-order valence-corrected chi connectivity index (χ1v) is 10.7. The first-order chi connectivity index (χ1) is 16.1. The van der Waals surface area contributed by atoms with Gasteiger partial charge in [0.1, 0.15) is 12.1 Å². The highest BCUT2D eigenvalue weighted by atomic mass is 16.4. The van der Waals surface area contributed by atoms with Crippen LogP contribution in [0.5, 0.6) is 0 Å². The minimum Gasteiger partial charge on any atom is -0.419 e. The van der Waals surface area contributed by atoms with Gasteiger partial charge in [-0.15, -0.1) is 10.2 Å². The number of carbonyl (C=O) groups is 2. The first kappa shape index (κ1) is 20.6. The van der Waals surface area contributed by atoms with E-state index < -0.39 is 11.6 Å². The van der Waals surface area contributed by atoms with Crippen molar-refractivity contribution in [1.82, 2.24) is 20.4 Å². The number of nitrogens with zero attached hydrogens (tertiary/aromatic N) is 3. The quantitative estimate of drug-likeness (QED) is 0.441. The lowest BCUT2D eigenvalue weighted by Gasteiger charge is -2.27. The number of hydrogen-bond donors (Lipinski definition) is 1. The number of imide groups is 1. The summed E-state index contributed by atoms with van der Waals surface area (Å²) in [6.07, 6.45) is 0.756. The van der Waals surface area contributed by atoms with Crippen LogP contribution in [0.3, 0.4) is 0 Å². The van der Waals surface area contributed by atoms with E-state index in [4.69, 9.17) is 4.42 Å². The van der Waals surface area contributed by atoms with Crippen LogP contribution in [-0.2, 0) is 24.2 Å². The third kappa shape index (κ3) is 4.25. The Morgan fingerprint density at radius 1 is 0.758 bits per heavy atom. The number of benzene rings is 3. The molecular formula is C26H22N4O3. The van der Waals surface area contributed by atoms with Crippen molar-refractivity contribution in [2.75, 3.05) is 0 Å². The van der Waals surface area contributed by atoms with Crippen LogP contribution < -0.4 is 5.32 Å². The van der Waals surface area contributed by atoms with E-state index in [1.54, 1.807) is 0 Å². The highest BCUT2D eigenvalue weighted by molar-refractivity contribution is 6.07. The lowest BCUT2D eigenvalue weighted by atomic mass is 9.84. The van der Waals surface area contributed by atoms with Gasteiger partial charge in [0.2, 0.25) is 11.8 Å². The maximum absolute atomic E-state index is 13.7. The van der Waals surface area contributed by atoms with Crippen LogP contribution in [0.15, 0.2) is 95.4 Å². The third-order valence-corrected chi connectivity index (χ3v) is 5.72.